The van der Waals surface area contributed by atoms with Gasteiger partial charge in [0.2, 0.25) is 5.91 Å². The Labute approximate surface area is 139 Å². The van der Waals surface area contributed by atoms with E-state index in [1.165, 1.54) is 6.26 Å². The van der Waals surface area contributed by atoms with Gasteiger partial charge in [-0.1, -0.05) is 12.1 Å². The van der Waals surface area contributed by atoms with Crippen LogP contribution < -0.4 is 15.4 Å². The molecular formula is C17H19N3O4. The number of hydrogen-bond donors (Lipinski definition) is 2. The molecule has 7 heteroatoms. The van der Waals surface area contributed by atoms with Gasteiger partial charge in [-0.15, -0.1) is 0 Å². The van der Waals surface area contributed by atoms with Crippen LogP contribution in [-0.4, -0.2) is 30.5 Å². The minimum Gasteiger partial charge on any atom is -0.497 e. The number of carbonyl (C=O) groups excluding carboxylic acids is 2. The van der Waals surface area contributed by atoms with Gasteiger partial charge >= 0.3 is 6.01 Å². The first-order valence-corrected chi connectivity index (χ1v) is 7.83. The van der Waals surface area contributed by atoms with Gasteiger partial charge in [0.25, 0.3) is 5.91 Å². The summed E-state index contributed by atoms with van der Waals surface area (Å²) in [6, 6.07) is 7.72. The summed E-state index contributed by atoms with van der Waals surface area (Å²) in [6.07, 6.45) is 3.72. The number of rotatable bonds is 7. The third kappa shape index (κ3) is 4.13. The van der Waals surface area contributed by atoms with Crippen molar-refractivity contribution >= 4 is 17.8 Å². The second kappa shape index (κ2) is 7.16. The molecule has 2 aromatic rings. The molecule has 0 bridgehead atoms. The van der Waals surface area contributed by atoms with Gasteiger partial charge in [-0.2, -0.15) is 4.98 Å². The minimum absolute atomic E-state index is 0.0543. The van der Waals surface area contributed by atoms with Crippen LogP contribution in [0.1, 0.15) is 28.9 Å². The van der Waals surface area contributed by atoms with Crippen LogP contribution in [0.3, 0.4) is 0 Å². The molecular weight excluding hydrogens is 310 g/mol. The fraction of sp³-hybridized carbons (Fsp3) is 0.353. The predicted octanol–water partition coefficient (Wildman–Crippen LogP) is 2.00. The molecule has 2 N–H and O–H groups in total. The molecule has 2 amide bonds. The lowest BCUT2D eigenvalue weighted by molar-refractivity contribution is -0.117. The van der Waals surface area contributed by atoms with E-state index in [4.69, 9.17) is 9.15 Å². The van der Waals surface area contributed by atoms with E-state index < -0.39 is 0 Å². The molecule has 126 valence electrons. The normalized spacial score (nSPS) is 13.4. The average molecular weight is 329 g/mol. The highest BCUT2D eigenvalue weighted by molar-refractivity contribution is 5.94. The molecule has 1 saturated carbocycles. The Hall–Kier alpha value is -2.83. The van der Waals surface area contributed by atoms with Crippen molar-refractivity contribution in [3.8, 4) is 5.75 Å². The van der Waals surface area contributed by atoms with E-state index in [0.717, 1.165) is 24.2 Å². The lowest BCUT2D eigenvalue weighted by Crippen LogP contribution is -2.26. The van der Waals surface area contributed by atoms with Crippen LogP contribution in [0.15, 0.2) is 34.9 Å². The summed E-state index contributed by atoms with van der Waals surface area (Å²) in [4.78, 5) is 27.6. The van der Waals surface area contributed by atoms with Crippen LogP contribution in [0.2, 0.25) is 0 Å². The quantitative estimate of drug-likeness (QED) is 0.810. The Kier molecular flexibility index (Phi) is 4.79. The minimum atomic E-state index is -0.334. The Morgan fingerprint density at radius 3 is 2.71 bits per heavy atom. The van der Waals surface area contributed by atoms with Crippen LogP contribution in [0.4, 0.5) is 6.01 Å². The molecule has 1 fully saturated rings. The van der Waals surface area contributed by atoms with Crippen molar-refractivity contribution < 1.29 is 18.7 Å². The molecule has 0 radical (unpaired) electrons. The second-order valence-electron chi connectivity index (χ2n) is 5.66. The largest absolute Gasteiger partial charge is 0.497 e. The number of aromatic nitrogens is 1. The van der Waals surface area contributed by atoms with Crippen molar-refractivity contribution in [2.24, 2.45) is 5.92 Å². The SMILES string of the molecule is COc1ccc(CCNC(=O)c2coc(NC(=O)C3CC3)n2)cc1. The number of hydrogen-bond acceptors (Lipinski definition) is 5. The molecule has 1 heterocycles. The standard InChI is InChI=1S/C17H19N3O4/c1-23-13-6-2-11(3-7-13)8-9-18-16(22)14-10-24-17(19-14)20-15(21)12-4-5-12/h2-3,6-7,10,12H,4-5,8-9H2,1H3,(H,18,22)(H,19,20,21). The van der Waals surface area contributed by atoms with Gasteiger partial charge in [0.1, 0.15) is 12.0 Å². The Morgan fingerprint density at radius 2 is 2.04 bits per heavy atom. The number of methoxy groups -OCH3 is 1. The Morgan fingerprint density at radius 1 is 1.29 bits per heavy atom. The highest BCUT2D eigenvalue weighted by Crippen LogP contribution is 2.30. The monoisotopic (exact) mass is 329 g/mol. The Bertz CT molecular complexity index is 720. The maximum Gasteiger partial charge on any atom is 0.302 e. The van der Waals surface area contributed by atoms with Gasteiger partial charge < -0.3 is 14.5 Å². The second-order valence-corrected chi connectivity index (χ2v) is 5.66. The molecule has 24 heavy (non-hydrogen) atoms. The molecule has 1 aliphatic rings. The van der Waals surface area contributed by atoms with Gasteiger partial charge in [0.05, 0.1) is 7.11 Å². The number of anilines is 1. The van der Waals surface area contributed by atoms with E-state index in [1.807, 2.05) is 24.3 Å². The summed E-state index contributed by atoms with van der Waals surface area (Å²) >= 11 is 0. The van der Waals surface area contributed by atoms with Crippen LogP contribution >= 0.6 is 0 Å². The summed E-state index contributed by atoms with van der Waals surface area (Å²) in [5, 5.41) is 5.34. The van der Waals surface area contributed by atoms with Crippen molar-refractivity contribution in [3.63, 3.8) is 0 Å². The highest BCUT2D eigenvalue weighted by atomic mass is 16.5. The Balaban J connectivity index is 1.46. The molecule has 0 saturated heterocycles. The van der Waals surface area contributed by atoms with Crippen molar-refractivity contribution in [3.05, 3.63) is 41.8 Å². The molecule has 7 nitrogen and oxygen atoms in total. The van der Waals surface area contributed by atoms with E-state index in [0.29, 0.717) is 13.0 Å². The molecule has 1 aliphatic carbocycles. The zero-order valence-electron chi connectivity index (χ0n) is 13.4. The van der Waals surface area contributed by atoms with Gasteiger partial charge in [0.15, 0.2) is 5.69 Å². The van der Waals surface area contributed by atoms with Gasteiger partial charge in [0, 0.05) is 12.5 Å². The maximum absolute atomic E-state index is 12.0. The third-order valence-electron chi connectivity index (χ3n) is 3.77. The molecule has 0 aliphatic heterocycles. The van der Waals surface area contributed by atoms with E-state index in [1.54, 1.807) is 7.11 Å². The zero-order valence-corrected chi connectivity index (χ0v) is 13.4. The summed E-state index contributed by atoms with van der Waals surface area (Å²) in [7, 11) is 1.62. The first kappa shape index (κ1) is 16.0. The maximum atomic E-state index is 12.0. The summed E-state index contributed by atoms with van der Waals surface area (Å²) in [5.74, 6) is 0.410. The first-order valence-electron chi connectivity index (χ1n) is 7.83. The van der Waals surface area contributed by atoms with Gasteiger partial charge in [-0.25, -0.2) is 0 Å². The number of amides is 2. The van der Waals surface area contributed by atoms with Gasteiger partial charge in [-0.3, -0.25) is 14.9 Å². The summed E-state index contributed by atoms with van der Waals surface area (Å²) in [6.45, 7) is 0.474. The van der Waals surface area contributed by atoms with Gasteiger partial charge in [-0.05, 0) is 37.0 Å². The van der Waals surface area contributed by atoms with E-state index in [-0.39, 0.29) is 29.4 Å². The molecule has 1 aromatic heterocycles. The molecule has 0 spiro atoms. The smallest absolute Gasteiger partial charge is 0.302 e. The lowest BCUT2D eigenvalue weighted by Gasteiger charge is -2.04. The fourth-order valence-electron chi connectivity index (χ4n) is 2.19. The average Bonchev–Trinajstić information content (AvgIpc) is 3.35. The number of benzene rings is 1. The van der Waals surface area contributed by atoms with Crippen LogP contribution in [-0.2, 0) is 11.2 Å². The predicted molar refractivity (Wildman–Crippen MR) is 86.9 cm³/mol. The van der Waals surface area contributed by atoms with E-state index >= 15 is 0 Å². The highest BCUT2D eigenvalue weighted by Gasteiger charge is 2.30. The molecule has 1 aromatic carbocycles. The van der Waals surface area contributed by atoms with Crippen molar-refractivity contribution in [1.29, 1.82) is 0 Å². The zero-order chi connectivity index (χ0) is 16.9. The fourth-order valence-corrected chi connectivity index (χ4v) is 2.19. The third-order valence-corrected chi connectivity index (χ3v) is 3.77. The number of nitrogens with zero attached hydrogens (tertiary/aromatic N) is 1. The van der Waals surface area contributed by atoms with Crippen molar-refractivity contribution in [2.45, 2.75) is 19.3 Å². The lowest BCUT2D eigenvalue weighted by atomic mass is 10.1. The first-order chi connectivity index (χ1) is 11.7. The summed E-state index contributed by atoms with van der Waals surface area (Å²) in [5.41, 5.74) is 1.24. The molecule has 0 unspecified atom stereocenters. The number of carbonyl (C=O) groups is 2. The summed E-state index contributed by atoms with van der Waals surface area (Å²) < 4.78 is 10.2. The van der Waals surface area contributed by atoms with Crippen LogP contribution in [0.25, 0.3) is 0 Å². The number of ether oxygens (including phenoxy) is 1. The van der Waals surface area contributed by atoms with Crippen molar-refractivity contribution in [1.82, 2.24) is 10.3 Å². The van der Waals surface area contributed by atoms with E-state index in [9.17, 15) is 9.59 Å². The number of oxazole rings is 1. The topological polar surface area (TPSA) is 93.5 Å². The molecule has 3 rings (SSSR count). The van der Waals surface area contributed by atoms with Crippen LogP contribution in [0.5, 0.6) is 5.75 Å². The van der Waals surface area contributed by atoms with Crippen LogP contribution in [0, 0.1) is 5.92 Å². The number of nitrogens with one attached hydrogen (secondary N) is 2. The molecule has 0 atom stereocenters. The van der Waals surface area contributed by atoms with E-state index in [2.05, 4.69) is 15.6 Å². The van der Waals surface area contributed by atoms with Crippen molar-refractivity contribution in [2.75, 3.05) is 19.0 Å².